The fourth-order valence-corrected chi connectivity index (χ4v) is 7.70. The topological polar surface area (TPSA) is 100 Å². The van der Waals surface area contributed by atoms with Crippen molar-refractivity contribution in [1.82, 2.24) is 0 Å². The number of ether oxygens (including phenoxy) is 2. The van der Waals surface area contributed by atoms with E-state index in [1.807, 2.05) is 36.4 Å². The highest BCUT2D eigenvalue weighted by Gasteiger charge is 2.23. The molecule has 52 heavy (non-hydrogen) atoms. The highest BCUT2D eigenvalue weighted by atomic mass is 16.5. The zero-order valence-electron chi connectivity index (χ0n) is 30.6. The first-order chi connectivity index (χ1) is 25.4. The van der Waals surface area contributed by atoms with Crippen LogP contribution in [0.4, 0.5) is 0 Å². The third-order valence-electron chi connectivity index (χ3n) is 10.7. The fourth-order valence-electron chi connectivity index (χ4n) is 7.70. The Morgan fingerprint density at radius 3 is 1.13 bits per heavy atom. The van der Waals surface area contributed by atoms with Crippen LogP contribution in [0.3, 0.4) is 0 Å². The van der Waals surface area contributed by atoms with E-state index < -0.39 is 0 Å². The van der Waals surface area contributed by atoms with Crippen LogP contribution in [-0.4, -0.2) is 11.9 Å². The summed E-state index contributed by atoms with van der Waals surface area (Å²) in [7, 11) is 0. The minimum atomic E-state index is -0.368. The monoisotopic (exact) mass is 694 g/mol. The molecule has 0 bridgehead atoms. The molecule has 268 valence electrons. The molecule has 2 aliphatic rings. The molecule has 6 heteroatoms. The summed E-state index contributed by atoms with van der Waals surface area (Å²) in [6.45, 7) is 4.53. The van der Waals surface area contributed by atoms with Crippen LogP contribution in [0.15, 0.2) is 97.1 Å². The molecule has 2 fully saturated rings. The predicted octanol–water partition coefficient (Wildman–Crippen LogP) is 11.7. The Kier molecular flexibility index (Phi) is 14.2. The molecule has 0 radical (unpaired) electrons. The van der Waals surface area contributed by atoms with E-state index in [4.69, 9.17) is 20.0 Å². The van der Waals surface area contributed by atoms with E-state index in [1.54, 1.807) is 48.5 Å². The predicted molar refractivity (Wildman–Crippen MR) is 204 cm³/mol. The van der Waals surface area contributed by atoms with Crippen LogP contribution in [0.25, 0.3) is 0 Å². The van der Waals surface area contributed by atoms with Crippen molar-refractivity contribution in [2.75, 3.05) is 0 Å². The summed E-state index contributed by atoms with van der Waals surface area (Å²) in [6, 6.07) is 32.9. The van der Waals surface area contributed by atoms with Crippen molar-refractivity contribution in [1.29, 1.82) is 10.5 Å². The van der Waals surface area contributed by atoms with E-state index >= 15 is 0 Å². The molecule has 0 aliphatic heterocycles. The highest BCUT2D eigenvalue weighted by Crippen LogP contribution is 2.38. The SMILES string of the molecule is CCCC1CCC(c2ccc(C(=O)Oc3ccc(C#N)cc3)cc2)CC1.CCCC1CCC(c2ccc(C(=O)Oc3ccc(C#N)cc3)cc2)CC1. The first-order valence-electron chi connectivity index (χ1n) is 19.0. The van der Waals surface area contributed by atoms with Gasteiger partial charge in [-0.2, -0.15) is 10.5 Å². The molecular weight excluding hydrogens is 645 g/mol. The molecule has 6 rings (SSSR count). The van der Waals surface area contributed by atoms with Gasteiger partial charge >= 0.3 is 11.9 Å². The minimum absolute atomic E-state index is 0.368. The van der Waals surface area contributed by atoms with Gasteiger partial charge in [-0.15, -0.1) is 0 Å². The van der Waals surface area contributed by atoms with Crippen LogP contribution in [-0.2, 0) is 0 Å². The van der Waals surface area contributed by atoms with Crippen LogP contribution >= 0.6 is 0 Å². The molecule has 0 spiro atoms. The van der Waals surface area contributed by atoms with E-state index in [0.717, 1.165) is 11.8 Å². The zero-order chi connectivity index (χ0) is 36.7. The van der Waals surface area contributed by atoms with Gasteiger partial charge in [0.05, 0.1) is 34.4 Å². The lowest BCUT2D eigenvalue weighted by atomic mass is 9.77. The Labute approximate surface area is 309 Å². The Morgan fingerprint density at radius 1 is 0.519 bits per heavy atom. The summed E-state index contributed by atoms with van der Waals surface area (Å²) in [4.78, 5) is 24.6. The second kappa shape index (κ2) is 19.4. The maximum absolute atomic E-state index is 12.3. The normalized spacial score (nSPS) is 19.5. The van der Waals surface area contributed by atoms with Gasteiger partial charge in [0.25, 0.3) is 0 Å². The minimum Gasteiger partial charge on any atom is -0.423 e. The van der Waals surface area contributed by atoms with E-state index in [1.165, 1.54) is 88.2 Å². The molecule has 0 unspecified atom stereocenters. The average Bonchev–Trinajstić information content (AvgIpc) is 3.20. The standard InChI is InChI=1S/2C23H25NO2/c2*1-2-3-17-4-8-19(9-5-17)20-10-12-21(13-11-20)23(25)26-22-14-6-18(16-24)7-15-22/h2*6-7,10-15,17,19H,2-5,8-9H2,1H3. The molecule has 2 aliphatic carbocycles. The molecule has 0 amide bonds. The van der Waals surface area contributed by atoms with Crippen molar-refractivity contribution in [2.24, 2.45) is 11.8 Å². The van der Waals surface area contributed by atoms with Crippen LogP contribution in [0.5, 0.6) is 11.5 Å². The lowest BCUT2D eigenvalue weighted by molar-refractivity contribution is 0.0725. The number of esters is 2. The number of nitrogens with zero attached hydrogens (tertiary/aromatic N) is 2. The second-order valence-corrected chi connectivity index (χ2v) is 14.3. The van der Waals surface area contributed by atoms with Crippen LogP contribution in [0.2, 0.25) is 0 Å². The third kappa shape index (κ3) is 10.9. The summed E-state index contributed by atoms with van der Waals surface area (Å²) >= 11 is 0. The molecule has 0 atom stereocenters. The first-order valence-corrected chi connectivity index (χ1v) is 19.0. The largest absolute Gasteiger partial charge is 0.423 e. The van der Waals surface area contributed by atoms with Crippen LogP contribution in [0.1, 0.15) is 146 Å². The summed E-state index contributed by atoms with van der Waals surface area (Å²) < 4.78 is 10.8. The zero-order valence-corrected chi connectivity index (χ0v) is 30.6. The van der Waals surface area contributed by atoms with Crippen molar-refractivity contribution in [3.8, 4) is 23.6 Å². The smallest absolute Gasteiger partial charge is 0.343 e. The van der Waals surface area contributed by atoms with Gasteiger partial charge in [0.2, 0.25) is 0 Å². The maximum atomic E-state index is 12.3. The number of carbonyl (C=O) groups excluding carboxylic acids is 2. The van der Waals surface area contributed by atoms with Crippen molar-refractivity contribution >= 4 is 11.9 Å². The van der Waals surface area contributed by atoms with Crippen molar-refractivity contribution in [3.63, 3.8) is 0 Å². The quantitative estimate of drug-likeness (QED) is 0.121. The number of benzene rings is 4. The van der Waals surface area contributed by atoms with Crippen molar-refractivity contribution < 1.29 is 19.1 Å². The van der Waals surface area contributed by atoms with Crippen LogP contribution < -0.4 is 9.47 Å². The molecule has 2 saturated carbocycles. The Morgan fingerprint density at radius 2 is 0.846 bits per heavy atom. The number of hydrogen-bond acceptors (Lipinski definition) is 6. The number of hydrogen-bond donors (Lipinski definition) is 0. The molecule has 6 nitrogen and oxygen atoms in total. The summed E-state index contributed by atoms with van der Waals surface area (Å²) in [5.41, 5.74) is 4.85. The molecule has 0 saturated heterocycles. The summed E-state index contributed by atoms with van der Waals surface area (Å²) in [5.74, 6) is 3.20. The lowest BCUT2D eigenvalue weighted by Gasteiger charge is -2.28. The van der Waals surface area contributed by atoms with E-state index in [0.29, 0.717) is 45.6 Å². The maximum Gasteiger partial charge on any atom is 0.343 e. The molecule has 0 N–H and O–H groups in total. The third-order valence-corrected chi connectivity index (χ3v) is 10.7. The van der Waals surface area contributed by atoms with E-state index in [2.05, 4.69) is 38.1 Å². The van der Waals surface area contributed by atoms with Gasteiger partial charge in [0.15, 0.2) is 0 Å². The molecule has 0 aromatic heterocycles. The first kappa shape index (κ1) is 38.0. The molecular formula is C46H50N2O4. The van der Waals surface area contributed by atoms with Crippen LogP contribution in [0, 0.1) is 34.5 Å². The molecule has 4 aromatic rings. The van der Waals surface area contributed by atoms with Gasteiger partial charge in [-0.25, -0.2) is 9.59 Å². The van der Waals surface area contributed by atoms with Gasteiger partial charge in [0.1, 0.15) is 11.5 Å². The molecule has 4 aromatic carbocycles. The van der Waals surface area contributed by atoms with Gasteiger partial charge < -0.3 is 9.47 Å². The van der Waals surface area contributed by atoms with E-state index in [9.17, 15) is 9.59 Å². The van der Waals surface area contributed by atoms with Crippen molar-refractivity contribution in [2.45, 2.75) is 103 Å². The Balaban J connectivity index is 0.000000201. The molecule has 0 heterocycles. The summed E-state index contributed by atoms with van der Waals surface area (Å²) in [6.07, 6.45) is 15.6. The van der Waals surface area contributed by atoms with Gasteiger partial charge in [-0.1, -0.05) is 63.8 Å². The van der Waals surface area contributed by atoms with Gasteiger partial charge in [-0.3, -0.25) is 0 Å². The Bertz CT molecular complexity index is 1660. The lowest BCUT2D eigenvalue weighted by Crippen LogP contribution is -2.13. The highest BCUT2D eigenvalue weighted by molar-refractivity contribution is 5.91. The number of carbonyl (C=O) groups is 2. The average molecular weight is 695 g/mol. The van der Waals surface area contributed by atoms with Gasteiger partial charge in [0, 0.05) is 0 Å². The second-order valence-electron chi connectivity index (χ2n) is 14.3. The number of nitriles is 2. The van der Waals surface area contributed by atoms with Gasteiger partial charge in [-0.05, 0) is 159 Å². The van der Waals surface area contributed by atoms with Crippen molar-refractivity contribution in [3.05, 3.63) is 130 Å². The van der Waals surface area contributed by atoms with E-state index in [-0.39, 0.29) is 11.9 Å². The Hall–Kier alpha value is -5.20. The fraction of sp³-hybridized carbons (Fsp3) is 0.391. The summed E-state index contributed by atoms with van der Waals surface area (Å²) in [5, 5.41) is 17.6. The number of rotatable bonds is 10.